The number of rotatable bonds is 3. The van der Waals surface area contributed by atoms with Gasteiger partial charge in [-0.25, -0.2) is 8.42 Å². The van der Waals surface area contributed by atoms with Crippen LogP contribution in [0.25, 0.3) is 5.57 Å². The van der Waals surface area contributed by atoms with Crippen molar-refractivity contribution in [3.8, 4) is 0 Å². The summed E-state index contributed by atoms with van der Waals surface area (Å²) in [5.41, 5.74) is 3.89. The summed E-state index contributed by atoms with van der Waals surface area (Å²) in [6.45, 7) is 13.9. The van der Waals surface area contributed by atoms with Gasteiger partial charge in [0.1, 0.15) is 0 Å². The summed E-state index contributed by atoms with van der Waals surface area (Å²) in [7, 11) is -3.82. The van der Waals surface area contributed by atoms with Gasteiger partial charge in [0.25, 0.3) is 10.0 Å². The number of hydrogen-bond acceptors (Lipinski definition) is 5. The van der Waals surface area contributed by atoms with Gasteiger partial charge in [0.15, 0.2) is 0 Å². The van der Waals surface area contributed by atoms with E-state index in [0.29, 0.717) is 25.3 Å². The van der Waals surface area contributed by atoms with E-state index >= 15 is 0 Å². The molecule has 0 spiro atoms. The van der Waals surface area contributed by atoms with Gasteiger partial charge in [-0.1, -0.05) is 18.2 Å². The second kappa shape index (κ2) is 8.88. The molecule has 2 aromatic rings. The molecule has 5 rings (SSSR count). The van der Waals surface area contributed by atoms with Crippen molar-refractivity contribution in [1.29, 1.82) is 0 Å². The molecule has 0 N–H and O–H groups in total. The van der Waals surface area contributed by atoms with Crippen LogP contribution in [0.5, 0.6) is 0 Å². The van der Waals surface area contributed by atoms with Crippen molar-refractivity contribution in [3.63, 3.8) is 0 Å². The van der Waals surface area contributed by atoms with Gasteiger partial charge in [-0.2, -0.15) is 0 Å². The first-order chi connectivity index (χ1) is 17.3. The van der Waals surface area contributed by atoms with Gasteiger partial charge >= 0.3 is 0 Å². The molecule has 8 heteroatoms. The van der Waals surface area contributed by atoms with Gasteiger partial charge < -0.3 is 14.5 Å². The lowest BCUT2D eigenvalue weighted by molar-refractivity contribution is -0.129. The molecule has 0 saturated carbocycles. The molecule has 1 amide bonds. The molecule has 3 aliphatic heterocycles. The van der Waals surface area contributed by atoms with Crippen LogP contribution in [0.15, 0.2) is 53.4 Å². The van der Waals surface area contributed by atoms with Crippen LogP contribution in [0.4, 0.5) is 11.4 Å². The molecule has 1 saturated heterocycles. The highest BCUT2D eigenvalue weighted by Crippen LogP contribution is 2.44. The van der Waals surface area contributed by atoms with E-state index < -0.39 is 15.6 Å². The standard InChI is InChI=1S/C29H37N3O4S/c1-20-8-7-9-25(14-20)37(34,35)32-19-24-18-30(21(2)33)12-13-31(24)26-11-10-22(15-27(26)32)23-16-28(3,4)36-29(5,6)17-23/h7-11,14-16,24H,12-13,17-19H2,1-6H3/t24-/m0/s1. The first kappa shape index (κ1) is 25.8. The van der Waals surface area contributed by atoms with Crippen molar-refractivity contribution in [2.24, 2.45) is 0 Å². The molecule has 3 aliphatic rings. The van der Waals surface area contributed by atoms with Crippen LogP contribution >= 0.6 is 0 Å². The highest BCUT2D eigenvalue weighted by atomic mass is 32.2. The Kier molecular flexibility index (Phi) is 6.19. The van der Waals surface area contributed by atoms with Crippen LogP contribution in [0.1, 0.15) is 52.2 Å². The Labute approximate surface area is 220 Å². The summed E-state index contributed by atoms with van der Waals surface area (Å²) in [5, 5.41) is 0. The number of sulfonamides is 1. The van der Waals surface area contributed by atoms with Crippen LogP contribution < -0.4 is 9.21 Å². The molecule has 198 valence electrons. The highest BCUT2D eigenvalue weighted by molar-refractivity contribution is 7.92. The quantitative estimate of drug-likeness (QED) is 0.588. The van der Waals surface area contributed by atoms with Crippen molar-refractivity contribution in [2.75, 3.05) is 35.4 Å². The minimum absolute atomic E-state index is 0.0190. The number of fused-ring (bicyclic) bond motifs is 3. The molecule has 0 radical (unpaired) electrons. The number of carbonyl (C=O) groups is 1. The zero-order valence-corrected chi connectivity index (χ0v) is 23.4. The number of carbonyl (C=O) groups excluding carboxylic acids is 1. The molecule has 3 heterocycles. The maximum absolute atomic E-state index is 14.1. The maximum Gasteiger partial charge on any atom is 0.264 e. The smallest absolute Gasteiger partial charge is 0.264 e. The number of piperazine rings is 1. The average molecular weight is 524 g/mol. The second-order valence-corrected chi connectivity index (χ2v) is 13.5. The third kappa shape index (κ3) is 4.89. The number of aryl methyl sites for hydroxylation is 1. The predicted octanol–water partition coefficient (Wildman–Crippen LogP) is 4.60. The number of anilines is 2. The van der Waals surface area contributed by atoms with E-state index in [0.717, 1.165) is 28.8 Å². The van der Waals surface area contributed by atoms with Crippen LogP contribution in [-0.4, -0.2) is 62.6 Å². The predicted molar refractivity (Wildman–Crippen MR) is 147 cm³/mol. The Bertz CT molecular complexity index is 1380. The number of hydrogen-bond donors (Lipinski definition) is 0. The van der Waals surface area contributed by atoms with Gasteiger partial charge in [-0.15, -0.1) is 0 Å². The van der Waals surface area contributed by atoms with Gasteiger partial charge in [-0.3, -0.25) is 9.10 Å². The molecular formula is C29H37N3O4S. The topological polar surface area (TPSA) is 70.2 Å². The molecular weight excluding hydrogens is 486 g/mol. The first-order valence-electron chi connectivity index (χ1n) is 12.9. The minimum atomic E-state index is -3.82. The fraction of sp³-hybridized carbons (Fsp3) is 0.483. The van der Waals surface area contributed by atoms with E-state index in [1.54, 1.807) is 29.4 Å². The molecule has 1 atom stereocenters. The van der Waals surface area contributed by atoms with E-state index in [1.165, 1.54) is 0 Å². The molecule has 7 nitrogen and oxygen atoms in total. The highest BCUT2D eigenvalue weighted by Gasteiger charge is 2.41. The van der Waals surface area contributed by atoms with Crippen molar-refractivity contribution in [3.05, 3.63) is 59.7 Å². The SMILES string of the molecule is CC(=O)N1CCN2c3ccc(C4=CC(C)(C)OC(C)(C)C4)cc3N(S(=O)(=O)c3cccc(C)c3)C[C@@H]2C1. The Morgan fingerprint density at radius 2 is 1.76 bits per heavy atom. The summed E-state index contributed by atoms with van der Waals surface area (Å²) in [5.74, 6) is 0.0190. The number of nitrogens with zero attached hydrogens (tertiary/aromatic N) is 3. The summed E-state index contributed by atoms with van der Waals surface area (Å²) in [4.78, 5) is 16.5. The Balaban J connectivity index is 1.63. The zero-order chi connectivity index (χ0) is 26.8. The van der Waals surface area contributed by atoms with Crippen molar-refractivity contribution in [2.45, 2.75) is 70.1 Å². The van der Waals surface area contributed by atoms with Gasteiger partial charge in [0.05, 0.1) is 40.1 Å². The van der Waals surface area contributed by atoms with Crippen molar-refractivity contribution in [1.82, 2.24) is 4.90 Å². The molecule has 0 bridgehead atoms. The number of amides is 1. The van der Waals surface area contributed by atoms with Crippen molar-refractivity contribution < 1.29 is 17.9 Å². The monoisotopic (exact) mass is 523 g/mol. The summed E-state index contributed by atoms with van der Waals surface area (Å²) < 4.78 is 36.0. The van der Waals surface area contributed by atoms with E-state index in [4.69, 9.17) is 4.74 Å². The molecule has 0 aromatic heterocycles. The maximum atomic E-state index is 14.1. The summed E-state index contributed by atoms with van der Waals surface area (Å²) in [6.07, 6.45) is 2.89. The number of ether oxygens (including phenoxy) is 1. The third-order valence-electron chi connectivity index (χ3n) is 7.48. The molecule has 1 fully saturated rings. The summed E-state index contributed by atoms with van der Waals surface area (Å²) in [6, 6.07) is 13.1. The largest absolute Gasteiger partial charge is 0.365 e. The normalized spacial score (nSPS) is 22.7. The minimum Gasteiger partial charge on any atom is -0.365 e. The summed E-state index contributed by atoms with van der Waals surface area (Å²) >= 11 is 0. The lowest BCUT2D eigenvalue weighted by Crippen LogP contribution is -2.61. The van der Waals surface area contributed by atoms with Crippen LogP contribution in [0, 0.1) is 6.92 Å². The fourth-order valence-corrected chi connectivity index (χ4v) is 7.71. The van der Waals surface area contributed by atoms with Crippen LogP contribution in [0.3, 0.4) is 0 Å². The Hall–Kier alpha value is -2.84. The van der Waals surface area contributed by atoms with Crippen LogP contribution in [-0.2, 0) is 19.6 Å². The van der Waals surface area contributed by atoms with Gasteiger partial charge in [0.2, 0.25) is 5.91 Å². The molecule has 37 heavy (non-hydrogen) atoms. The number of benzene rings is 2. The Morgan fingerprint density at radius 3 is 2.43 bits per heavy atom. The lowest BCUT2D eigenvalue weighted by Gasteiger charge is -2.49. The van der Waals surface area contributed by atoms with Crippen molar-refractivity contribution >= 4 is 32.9 Å². The second-order valence-electron chi connectivity index (χ2n) is 11.7. The molecule has 0 unspecified atom stereocenters. The van der Waals surface area contributed by atoms with Gasteiger partial charge in [0, 0.05) is 33.0 Å². The van der Waals surface area contributed by atoms with Gasteiger partial charge in [-0.05, 0) is 81.7 Å². The first-order valence-corrected chi connectivity index (χ1v) is 14.4. The zero-order valence-electron chi connectivity index (χ0n) is 22.6. The Morgan fingerprint density at radius 1 is 1.00 bits per heavy atom. The molecule has 2 aromatic carbocycles. The van der Waals surface area contributed by atoms with E-state index in [9.17, 15) is 13.2 Å². The molecule has 0 aliphatic carbocycles. The van der Waals surface area contributed by atoms with E-state index in [-0.39, 0.29) is 29.0 Å². The van der Waals surface area contributed by atoms with Crippen LogP contribution in [0.2, 0.25) is 0 Å². The third-order valence-corrected chi connectivity index (χ3v) is 9.26. The lowest BCUT2D eigenvalue weighted by atomic mass is 9.85. The average Bonchev–Trinajstić information content (AvgIpc) is 2.80. The fourth-order valence-electron chi connectivity index (χ4n) is 6.09. The van der Waals surface area contributed by atoms with E-state index in [1.807, 2.05) is 24.0 Å². The van der Waals surface area contributed by atoms with E-state index in [2.05, 4.69) is 50.8 Å².